The third-order valence-corrected chi connectivity index (χ3v) is 3.31. The van der Waals surface area contributed by atoms with E-state index in [0.29, 0.717) is 25.1 Å². The summed E-state index contributed by atoms with van der Waals surface area (Å²) in [5.41, 5.74) is -0.185. The fourth-order valence-corrected chi connectivity index (χ4v) is 2.08. The third-order valence-electron chi connectivity index (χ3n) is 2.58. The van der Waals surface area contributed by atoms with Crippen molar-refractivity contribution in [3.8, 4) is 0 Å². The molecule has 0 saturated carbocycles. The van der Waals surface area contributed by atoms with Gasteiger partial charge in [0.1, 0.15) is 10.2 Å². The first-order valence-corrected chi connectivity index (χ1v) is 7.55. The van der Waals surface area contributed by atoms with Crippen LogP contribution in [0.15, 0.2) is 15.8 Å². The van der Waals surface area contributed by atoms with Crippen LogP contribution < -0.4 is 10.9 Å². The van der Waals surface area contributed by atoms with E-state index in [1.165, 1.54) is 0 Å². The minimum atomic E-state index is -1.06. The number of nitrogens with one attached hydrogen (secondary N) is 1. The monoisotopic (exact) mass is 376 g/mol. The fraction of sp³-hybridized carbons (Fsp3) is 0.615. The van der Waals surface area contributed by atoms with E-state index in [1.54, 1.807) is 43.1 Å². The SMILES string of the molecule is Cn1c(Br)cn(CCCNC(=O)O)/c1=N\C(=O)OC(C)(C)C. The molecule has 2 amide bonds. The predicted molar refractivity (Wildman–Crippen MR) is 83.5 cm³/mol. The molecule has 0 radical (unpaired) electrons. The molecular formula is C13H21BrN4O4. The molecule has 0 atom stereocenters. The lowest BCUT2D eigenvalue weighted by atomic mass is 10.2. The van der Waals surface area contributed by atoms with Crippen LogP contribution in [-0.2, 0) is 18.3 Å². The van der Waals surface area contributed by atoms with Gasteiger partial charge in [-0.3, -0.25) is 0 Å². The number of hydrogen-bond acceptors (Lipinski definition) is 3. The van der Waals surface area contributed by atoms with Crippen LogP contribution in [0.4, 0.5) is 9.59 Å². The molecule has 9 heteroatoms. The van der Waals surface area contributed by atoms with Gasteiger partial charge in [0, 0.05) is 26.3 Å². The van der Waals surface area contributed by atoms with Crippen molar-refractivity contribution in [3.05, 3.63) is 16.4 Å². The average Bonchev–Trinajstić information content (AvgIpc) is 2.60. The number of rotatable bonds is 4. The Morgan fingerprint density at radius 1 is 1.45 bits per heavy atom. The number of ether oxygens (including phenoxy) is 1. The van der Waals surface area contributed by atoms with Crippen LogP contribution in [0, 0.1) is 0 Å². The summed E-state index contributed by atoms with van der Waals surface area (Å²) in [4.78, 5) is 26.2. The fourth-order valence-electron chi connectivity index (χ4n) is 1.68. The Balaban J connectivity index is 2.89. The zero-order chi connectivity index (χ0) is 16.9. The van der Waals surface area contributed by atoms with Crippen molar-refractivity contribution in [2.75, 3.05) is 6.54 Å². The Kier molecular flexibility index (Phi) is 6.21. The highest BCUT2D eigenvalue weighted by Crippen LogP contribution is 2.09. The van der Waals surface area contributed by atoms with Gasteiger partial charge >= 0.3 is 12.2 Å². The van der Waals surface area contributed by atoms with E-state index < -0.39 is 17.8 Å². The smallest absolute Gasteiger partial charge is 0.437 e. The molecule has 0 unspecified atom stereocenters. The van der Waals surface area contributed by atoms with E-state index in [-0.39, 0.29) is 0 Å². The van der Waals surface area contributed by atoms with Crippen LogP contribution in [0.25, 0.3) is 0 Å². The number of hydrogen-bond donors (Lipinski definition) is 2. The van der Waals surface area contributed by atoms with Crippen LogP contribution in [0.5, 0.6) is 0 Å². The first kappa shape index (κ1) is 18.3. The summed E-state index contributed by atoms with van der Waals surface area (Å²) in [6.45, 7) is 6.15. The Morgan fingerprint density at radius 2 is 2.09 bits per heavy atom. The number of aryl methyl sites for hydroxylation is 1. The van der Waals surface area contributed by atoms with Gasteiger partial charge in [0.15, 0.2) is 0 Å². The summed E-state index contributed by atoms with van der Waals surface area (Å²) in [7, 11) is 1.76. The maximum Gasteiger partial charge on any atom is 0.437 e. The summed E-state index contributed by atoms with van der Waals surface area (Å²) in [5, 5.41) is 10.8. The summed E-state index contributed by atoms with van der Waals surface area (Å²) in [5.74, 6) is 0. The lowest BCUT2D eigenvalue weighted by molar-refractivity contribution is 0.0593. The van der Waals surface area contributed by atoms with E-state index in [2.05, 4.69) is 26.2 Å². The Bertz CT molecular complexity index is 613. The molecule has 1 aromatic heterocycles. The molecule has 1 heterocycles. The maximum atomic E-state index is 11.8. The van der Waals surface area contributed by atoms with Crippen LogP contribution >= 0.6 is 15.9 Å². The highest BCUT2D eigenvalue weighted by molar-refractivity contribution is 9.10. The van der Waals surface area contributed by atoms with E-state index in [0.717, 1.165) is 4.60 Å². The second kappa shape index (κ2) is 7.48. The van der Waals surface area contributed by atoms with Gasteiger partial charge in [-0.2, -0.15) is 0 Å². The van der Waals surface area contributed by atoms with Gasteiger partial charge in [0.25, 0.3) is 0 Å². The molecule has 8 nitrogen and oxygen atoms in total. The number of aromatic nitrogens is 2. The van der Waals surface area contributed by atoms with Crippen LogP contribution in [0.3, 0.4) is 0 Å². The quantitative estimate of drug-likeness (QED) is 0.785. The van der Waals surface area contributed by atoms with Crippen LogP contribution in [0.2, 0.25) is 0 Å². The summed E-state index contributed by atoms with van der Waals surface area (Å²) >= 11 is 3.37. The molecule has 1 rings (SSSR count). The molecule has 0 spiro atoms. The second-order valence-corrected chi connectivity index (χ2v) is 6.49. The Hall–Kier alpha value is -1.77. The van der Waals surface area contributed by atoms with E-state index in [9.17, 15) is 9.59 Å². The van der Waals surface area contributed by atoms with Gasteiger partial charge in [0.2, 0.25) is 5.62 Å². The summed E-state index contributed by atoms with van der Waals surface area (Å²) < 4.78 is 9.40. The largest absolute Gasteiger partial charge is 0.465 e. The third kappa shape index (κ3) is 5.92. The van der Waals surface area contributed by atoms with Crippen molar-refractivity contribution < 1.29 is 19.4 Å². The molecule has 22 heavy (non-hydrogen) atoms. The first-order chi connectivity index (χ1) is 10.1. The van der Waals surface area contributed by atoms with Crippen LogP contribution in [0.1, 0.15) is 27.2 Å². The number of amides is 2. The standard InChI is InChI=1S/C13H21BrN4O4/c1-13(2,3)22-12(21)16-10-17(4)9(14)8-18(10)7-5-6-15-11(19)20/h8,15H,5-7H2,1-4H3,(H,19,20)/b16-10-. The van der Waals surface area contributed by atoms with Crippen molar-refractivity contribution >= 4 is 28.1 Å². The number of carboxylic acid groups (broad SMARTS) is 1. The number of nitrogens with zero attached hydrogens (tertiary/aromatic N) is 3. The van der Waals surface area contributed by atoms with Crippen molar-refractivity contribution in [2.24, 2.45) is 12.0 Å². The Labute approximate surface area is 136 Å². The number of carbonyl (C=O) groups is 2. The van der Waals surface area contributed by atoms with Crippen molar-refractivity contribution in [2.45, 2.75) is 39.3 Å². The molecular weight excluding hydrogens is 356 g/mol. The minimum absolute atomic E-state index is 0.320. The van der Waals surface area contributed by atoms with Gasteiger partial charge in [0.05, 0.1) is 0 Å². The molecule has 0 saturated heterocycles. The zero-order valence-corrected chi connectivity index (χ0v) is 14.7. The molecule has 0 bridgehead atoms. The van der Waals surface area contributed by atoms with Crippen LogP contribution in [-0.4, -0.2) is 38.6 Å². The lowest BCUT2D eigenvalue weighted by Gasteiger charge is -2.17. The highest BCUT2D eigenvalue weighted by Gasteiger charge is 2.16. The van der Waals surface area contributed by atoms with E-state index >= 15 is 0 Å². The second-order valence-electron chi connectivity index (χ2n) is 5.68. The zero-order valence-electron chi connectivity index (χ0n) is 13.1. The number of carbonyl (C=O) groups excluding carboxylic acids is 1. The van der Waals surface area contributed by atoms with Gasteiger partial charge in [-0.15, -0.1) is 4.99 Å². The molecule has 2 N–H and O–H groups in total. The molecule has 124 valence electrons. The molecule has 0 aliphatic rings. The Morgan fingerprint density at radius 3 is 2.64 bits per heavy atom. The van der Waals surface area contributed by atoms with Gasteiger partial charge in [-0.05, 0) is 43.1 Å². The topological polar surface area (TPSA) is 97.9 Å². The predicted octanol–water partition coefficient (Wildman–Crippen LogP) is 2.08. The van der Waals surface area contributed by atoms with Crippen molar-refractivity contribution in [3.63, 3.8) is 0 Å². The van der Waals surface area contributed by atoms with Gasteiger partial charge in [-0.1, -0.05) is 0 Å². The molecule has 0 aromatic carbocycles. The average molecular weight is 377 g/mol. The lowest BCUT2D eigenvalue weighted by Crippen LogP contribution is -2.30. The van der Waals surface area contributed by atoms with Crippen molar-refractivity contribution in [1.29, 1.82) is 0 Å². The summed E-state index contributed by atoms with van der Waals surface area (Å²) in [6.07, 6.45) is 0.630. The molecule has 1 aromatic rings. The van der Waals surface area contributed by atoms with Gasteiger partial charge in [-0.25, -0.2) is 9.59 Å². The normalized spacial score (nSPS) is 12.3. The molecule has 0 aliphatic carbocycles. The number of halogens is 1. The molecule has 0 aliphatic heterocycles. The highest BCUT2D eigenvalue weighted by atomic mass is 79.9. The maximum absolute atomic E-state index is 11.8. The minimum Gasteiger partial charge on any atom is -0.465 e. The summed E-state index contributed by atoms with van der Waals surface area (Å²) in [6, 6.07) is 0. The first-order valence-electron chi connectivity index (χ1n) is 6.76. The van der Waals surface area contributed by atoms with E-state index in [4.69, 9.17) is 9.84 Å². The van der Waals surface area contributed by atoms with Crippen molar-refractivity contribution in [1.82, 2.24) is 14.5 Å². The van der Waals surface area contributed by atoms with E-state index in [1.807, 2.05) is 0 Å². The molecule has 0 fully saturated rings. The number of imidazole rings is 1. The van der Waals surface area contributed by atoms with Gasteiger partial charge < -0.3 is 24.3 Å².